The number of benzene rings is 1. The molecule has 1 aliphatic carbocycles. The summed E-state index contributed by atoms with van der Waals surface area (Å²) >= 11 is 6.11. The lowest BCUT2D eigenvalue weighted by Crippen LogP contribution is -2.41. The number of hydrogen-bond acceptors (Lipinski definition) is 4. The first-order valence-corrected chi connectivity index (χ1v) is 9.24. The molecule has 1 aromatic carbocycles. The second kappa shape index (κ2) is 7.00. The van der Waals surface area contributed by atoms with Crippen LogP contribution < -0.4 is 10.2 Å². The molecule has 0 radical (unpaired) electrons. The van der Waals surface area contributed by atoms with E-state index in [9.17, 15) is 4.79 Å². The van der Waals surface area contributed by atoms with Gasteiger partial charge in [-0.3, -0.25) is 4.79 Å². The molecule has 2 heterocycles. The minimum absolute atomic E-state index is 0.120. The average Bonchev–Trinajstić information content (AvgIpc) is 3.28. The SMILES string of the molecule is O=C(NCC1CCCN1c1ncnc2c1CCC2)c1ccccc1Cl. The van der Waals surface area contributed by atoms with Gasteiger partial charge in [0, 0.05) is 30.4 Å². The second-order valence-corrected chi connectivity index (χ2v) is 7.06. The third kappa shape index (κ3) is 3.21. The van der Waals surface area contributed by atoms with Gasteiger partial charge in [0.1, 0.15) is 12.1 Å². The number of aryl methyl sites for hydroxylation is 1. The number of nitrogens with zero attached hydrogens (tertiary/aromatic N) is 3. The minimum Gasteiger partial charge on any atom is -0.352 e. The van der Waals surface area contributed by atoms with Crippen LogP contribution in [-0.2, 0) is 12.8 Å². The predicted molar refractivity (Wildman–Crippen MR) is 98.2 cm³/mol. The Bertz CT molecular complexity index is 795. The smallest absolute Gasteiger partial charge is 0.252 e. The van der Waals surface area contributed by atoms with E-state index in [1.807, 2.05) is 12.1 Å². The number of nitrogens with one attached hydrogen (secondary N) is 1. The number of halogens is 1. The fourth-order valence-electron chi connectivity index (χ4n) is 3.87. The molecule has 0 spiro atoms. The lowest BCUT2D eigenvalue weighted by molar-refractivity contribution is 0.0951. The quantitative estimate of drug-likeness (QED) is 0.914. The van der Waals surface area contributed by atoms with Crippen molar-refractivity contribution in [3.8, 4) is 0 Å². The van der Waals surface area contributed by atoms with Gasteiger partial charge in [0.05, 0.1) is 10.6 Å². The summed E-state index contributed by atoms with van der Waals surface area (Å²) in [6.45, 7) is 1.58. The zero-order chi connectivity index (χ0) is 17.2. The number of fused-ring (bicyclic) bond motifs is 1. The standard InChI is InChI=1S/C19H21ClN4O/c20-16-8-2-1-6-14(16)19(25)21-11-13-5-4-10-24(13)18-15-7-3-9-17(15)22-12-23-18/h1-2,6,8,12-13H,3-5,7,9-11H2,(H,21,25). The van der Waals surface area contributed by atoms with Crippen LogP contribution >= 0.6 is 11.6 Å². The molecule has 2 aliphatic rings. The van der Waals surface area contributed by atoms with Crippen molar-refractivity contribution in [1.29, 1.82) is 0 Å². The summed E-state index contributed by atoms with van der Waals surface area (Å²) in [4.78, 5) is 23.7. The van der Waals surface area contributed by atoms with E-state index >= 15 is 0 Å². The zero-order valence-electron chi connectivity index (χ0n) is 14.0. The van der Waals surface area contributed by atoms with Crippen molar-refractivity contribution in [1.82, 2.24) is 15.3 Å². The van der Waals surface area contributed by atoms with Crippen molar-refractivity contribution in [2.75, 3.05) is 18.0 Å². The summed E-state index contributed by atoms with van der Waals surface area (Å²) < 4.78 is 0. The summed E-state index contributed by atoms with van der Waals surface area (Å²) in [5, 5.41) is 3.52. The van der Waals surface area contributed by atoms with E-state index in [1.54, 1.807) is 18.5 Å². The van der Waals surface area contributed by atoms with Crippen LogP contribution in [0.4, 0.5) is 5.82 Å². The van der Waals surface area contributed by atoms with E-state index in [1.165, 1.54) is 11.3 Å². The van der Waals surface area contributed by atoms with Crippen molar-refractivity contribution in [3.05, 3.63) is 52.4 Å². The molecule has 1 amide bonds. The molecule has 1 atom stereocenters. The van der Waals surface area contributed by atoms with Crippen LogP contribution in [0.25, 0.3) is 0 Å². The lowest BCUT2D eigenvalue weighted by atomic mass is 10.1. The molecule has 5 nitrogen and oxygen atoms in total. The Morgan fingerprint density at radius 3 is 3.00 bits per heavy atom. The summed E-state index contributed by atoms with van der Waals surface area (Å²) in [7, 11) is 0. The van der Waals surface area contributed by atoms with Crippen LogP contribution in [0.15, 0.2) is 30.6 Å². The number of hydrogen-bond donors (Lipinski definition) is 1. The normalized spacial score (nSPS) is 19.1. The lowest BCUT2D eigenvalue weighted by Gasteiger charge is -2.27. The van der Waals surface area contributed by atoms with E-state index < -0.39 is 0 Å². The molecular weight excluding hydrogens is 336 g/mol. The predicted octanol–water partition coefficient (Wildman–Crippen LogP) is 3.02. The van der Waals surface area contributed by atoms with E-state index in [0.29, 0.717) is 17.1 Å². The molecule has 0 saturated carbocycles. The molecule has 1 N–H and O–H groups in total. The molecule has 2 aromatic rings. The highest BCUT2D eigenvalue weighted by atomic mass is 35.5. The van der Waals surface area contributed by atoms with E-state index in [-0.39, 0.29) is 11.9 Å². The highest BCUT2D eigenvalue weighted by molar-refractivity contribution is 6.33. The molecule has 130 valence electrons. The molecule has 4 rings (SSSR count). The summed E-state index contributed by atoms with van der Waals surface area (Å²) in [5.74, 6) is 0.947. The van der Waals surface area contributed by atoms with Gasteiger partial charge in [-0.15, -0.1) is 0 Å². The molecule has 25 heavy (non-hydrogen) atoms. The van der Waals surface area contributed by atoms with Crippen LogP contribution in [0.1, 0.15) is 40.9 Å². The van der Waals surface area contributed by atoms with Gasteiger partial charge in [0.2, 0.25) is 0 Å². The fraction of sp³-hybridized carbons (Fsp3) is 0.421. The van der Waals surface area contributed by atoms with Crippen molar-refractivity contribution in [2.24, 2.45) is 0 Å². The van der Waals surface area contributed by atoms with Crippen molar-refractivity contribution >= 4 is 23.3 Å². The highest BCUT2D eigenvalue weighted by Gasteiger charge is 2.30. The van der Waals surface area contributed by atoms with Crippen LogP contribution in [0.2, 0.25) is 5.02 Å². The number of carbonyl (C=O) groups excluding carboxylic acids is 1. The third-order valence-corrected chi connectivity index (χ3v) is 5.45. The number of amides is 1. The Labute approximate surface area is 152 Å². The average molecular weight is 357 g/mol. The first-order valence-electron chi connectivity index (χ1n) is 8.86. The first-order chi connectivity index (χ1) is 12.2. The van der Waals surface area contributed by atoms with Crippen molar-refractivity contribution < 1.29 is 4.79 Å². The second-order valence-electron chi connectivity index (χ2n) is 6.66. The maximum absolute atomic E-state index is 12.4. The largest absolute Gasteiger partial charge is 0.352 e. The van der Waals surface area contributed by atoms with Gasteiger partial charge in [0.25, 0.3) is 5.91 Å². The molecule has 1 aromatic heterocycles. The van der Waals surface area contributed by atoms with Crippen LogP contribution in [0.3, 0.4) is 0 Å². The van der Waals surface area contributed by atoms with E-state index in [0.717, 1.165) is 44.5 Å². The fourth-order valence-corrected chi connectivity index (χ4v) is 4.09. The third-order valence-electron chi connectivity index (χ3n) is 5.12. The molecule has 1 aliphatic heterocycles. The van der Waals surface area contributed by atoms with E-state index in [4.69, 9.17) is 11.6 Å². The van der Waals surface area contributed by atoms with Gasteiger partial charge >= 0.3 is 0 Å². The van der Waals surface area contributed by atoms with Crippen LogP contribution in [0, 0.1) is 0 Å². The Morgan fingerprint density at radius 2 is 2.12 bits per heavy atom. The minimum atomic E-state index is -0.120. The summed E-state index contributed by atoms with van der Waals surface area (Å²) in [5.41, 5.74) is 3.01. The molecule has 6 heteroatoms. The Balaban J connectivity index is 1.47. The number of carbonyl (C=O) groups is 1. The Kier molecular flexibility index (Phi) is 4.57. The Morgan fingerprint density at radius 1 is 1.24 bits per heavy atom. The van der Waals surface area contributed by atoms with Gasteiger partial charge in [0.15, 0.2) is 0 Å². The van der Waals surface area contributed by atoms with Gasteiger partial charge in [-0.25, -0.2) is 9.97 Å². The number of anilines is 1. The maximum Gasteiger partial charge on any atom is 0.252 e. The highest BCUT2D eigenvalue weighted by Crippen LogP contribution is 2.32. The molecule has 1 unspecified atom stereocenters. The van der Waals surface area contributed by atoms with Gasteiger partial charge < -0.3 is 10.2 Å². The molecular formula is C19H21ClN4O. The molecule has 1 fully saturated rings. The van der Waals surface area contributed by atoms with Gasteiger partial charge in [-0.05, 0) is 44.2 Å². The Hall–Kier alpha value is -2.14. The topological polar surface area (TPSA) is 58.1 Å². The maximum atomic E-state index is 12.4. The monoisotopic (exact) mass is 356 g/mol. The van der Waals surface area contributed by atoms with Gasteiger partial charge in [-0.1, -0.05) is 23.7 Å². The zero-order valence-corrected chi connectivity index (χ0v) is 14.8. The van der Waals surface area contributed by atoms with E-state index in [2.05, 4.69) is 20.2 Å². The molecule has 1 saturated heterocycles. The van der Waals surface area contributed by atoms with Gasteiger partial charge in [-0.2, -0.15) is 0 Å². The van der Waals surface area contributed by atoms with Crippen LogP contribution in [-0.4, -0.2) is 35.0 Å². The molecule has 0 bridgehead atoms. The first kappa shape index (κ1) is 16.3. The van der Waals surface area contributed by atoms with Crippen molar-refractivity contribution in [3.63, 3.8) is 0 Å². The summed E-state index contributed by atoms with van der Waals surface area (Å²) in [6, 6.07) is 7.41. The van der Waals surface area contributed by atoms with Crippen LogP contribution in [0.5, 0.6) is 0 Å². The summed E-state index contributed by atoms with van der Waals surface area (Å²) in [6.07, 6.45) is 7.11. The number of aromatic nitrogens is 2. The number of rotatable bonds is 4. The van der Waals surface area contributed by atoms with Crippen molar-refractivity contribution in [2.45, 2.75) is 38.1 Å².